The number of hydrazone groups is 1. The summed E-state index contributed by atoms with van der Waals surface area (Å²) >= 11 is 1.36. The Balaban J connectivity index is 1.60. The fraction of sp³-hybridized carbons (Fsp3) is 0.400. The fourth-order valence-corrected chi connectivity index (χ4v) is 4.36. The van der Waals surface area contributed by atoms with E-state index < -0.39 is 5.91 Å². The number of nitrogens with one attached hydrogen (secondary N) is 1. The summed E-state index contributed by atoms with van der Waals surface area (Å²) in [5.41, 5.74) is 0.911. The van der Waals surface area contributed by atoms with Gasteiger partial charge in [0.15, 0.2) is 22.5 Å². The molecule has 0 bridgehead atoms. The van der Waals surface area contributed by atoms with E-state index >= 15 is 0 Å². The van der Waals surface area contributed by atoms with Crippen LogP contribution in [-0.2, 0) is 4.79 Å². The van der Waals surface area contributed by atoms with Crippen LogP contribution in [0.1, 0.15) is 25.3 Å². The molecule has 0 spiro atoms. The van der Waals surface area contributed by atoms with E-state index in [9.17, 15) is 4.79 Å². The maximum absolute atomic E-state index is 12.6. The lowest BCUT2D eigenvalue weighted by atomic mass is 10.00. The average Bonchev–Trinajstić information content (AvgIpc) is 3.15. The van der Waals surface area contributed by atoms with Crippen LogP contribution in [-0.4, -0.2) is 59.3 Å². The number of fused-ring (bicyclic) bond motifs is 1. The Labute approximate surface area is 173 Å². The molecule has 3 heterocycles. The molecule has 1 aromatic rings. The van der Waals surface area contributed by atoms with E-state index in [1.807, 2.05) is 0 Å². The van der Waals surface area contributed by atoms with Crippen molar-refractivity contribution in [3.05, 3.63) is 29.3 Å². The van der Waals surface area contributed by atoms with Gasteiger partial charge in [-0.2, -0.15) is 10.0 Å². The highest BCUT2D eigenvalue weighted by molar-refractivity contribution is 8.26. The molecule has 1 amide bonds. The summed E-state index contributed by atoms with van der Waals surface area (Å²) in [7, 11) is 3.12. The minimum atomic E-state index is -0.438. The second-order valence-electron chi connectivity index (χ2n) is 7.19. The number of thioether (sulfide) groups is 1. The van der Waals surface area contributed by atoms with Crippen molar-refractivity contribution in [1.29, 1.82) is 5.41 Å². The van der Waals surface area contributed by atoms with Gasteiger partial charge in [-0.1, -0.05) is 13.0 Å². The molecule has 9 heteroatoms. The summed E-state index contributed by atoms with van der Waals surface area (Å²) < 4.78 is 10.6. The molecular weight excluding hydrogens is 390 g/mol. The number of amides is 1. The Morgan fingerprint density at radius 3 is 2.59 bits per heavy atom. The highest BCUT2D eigenvalue weighted by Gasteiger charge is 2.37. The molecule has 3 aliphatic rings. The first kappa shape index (κ1) is 19.5. The van der Waals surface area contributed by atoms with Crippen LogP contribution in [0.15, 0.2) is 33.9 Å². The SMILES string of the molecule is COc1ccc(/C=C2/C(=N)N3N=C(N4CCC(C)CC4)SC3=NC2=O)cc1OC. The number of hydrogen-bond acceptors (Lipinski definition) is 7. The third-order valence-electron chi connectivity index (χ3n) is 5.22. The van der Waals surface area contributed by atoms with E-state index in [1.165, 1.54) is 16.8 Å². The molecule has 0 saturated carbocycles. The van der Waals surface area contributed by atoms with Gasteiger partial charge in [-0.05, 0) is 54.3 Å². The van der Waals surface area contributed by atoms with Gasteiger partial charge in [0, 0.05) is 13.1 Å². The summed E-state index contributed by atoms with van der Waals surface area (Å²) in [5, 5.41) is 15.8. The normalized spacial score (nSPS) is 21.3. The Morgan fingerprint density at radius 1 is 1.17 bits per heavy atom. The van der Waals surface area contributed by atoms with Crippen molar-refractivity contribution < 1.29 is 14.3 Å². The third kappa shape index (κ3) is 3.74. The first-order valence-electron chi connectivity index (χ1n) is 9.47. The molecule has 0 unspecified atom stereocenters. The number of aliphatic imine (C=N–C) groups is 1. The molecule has 152 valence electrons. The van der Waals surface area contributed by atoms with Crippen molar-refractivity contribution in [2.24, 2.45) is 16.0 Å². The number of carbonyl (C=O) groups is 1. The number of likely N-dealkylation sites (tertiary alicyclic amines) is 1. The van der Waals surface area contributed by atoms with E-state index in [0.29, 0.717) is 22.6 Å². The number of rotatable bonds is 3. The highest BCUT2D eigenvalue weighted by atomic mass is 32.2. The number of amidine groups is 3. The van der Waals surface area contributed by atoms with Crippen LogP contribution in [0.2, 0.25) is 0 Å². The maximum atomic E-state index is 12.6. The molecule has 8 nitrogen and oxygen atoms in total. The van der Waals surface area contributed by atoms with E-state index in [2.05, 4.69) is 21.9 Å². The molecule has 1 fully saturated rings. The summed E-state index contributed by atoms with van der Waals surface area (Å²) in [6, 6.07) is 5.32. The van der Waals surface area contributed by atoms with Crippen LogP contribution >= 0.6 is 11.8 Å². The average molecular weight is 414 g/mol. The number of piperidine rings is 1. The molecule has 0 atom stereocenters. The van der Waals surface area contributed by atoms with Gasteiger partial charge in [-0.3, -0.25) is 10.2 Å². The van der Waals surface area contributed by atoms with Gasteiger partial charge >= 0.3 is 0 Å². The van der Waals surface area contributed by atoms with Gasteiger partial charge in [0.05, 0.1) is 19.8 Å². The molecule has 29 heavy (non-hydrogen) atoms. The van der Waals surface area contributed by atoms with Crippen molar-refractivity contribution in [2.45, 2.75) is 19.8 Å². The predicted octanol–water partition coefficient (Wildman–Crippen LogP) is 3.01. The number of hydrogen-bond donors (Lipinski definition) is 1. The first-order chi connectivity index (χ1) is 14.0. The molecular formula is C20H23N5O3S. The summed E-state index contributed by atoms with van der Waals surface area (Å²) in [6.07, 6.45) is 3.87. The minimum Gasteiger partial charge on any atom is -0.493 e. The lowest BCUT2D eigenvalue weighted by Gasteiger charge is -2.30. The lowest BCUT2D eigenvalue weighted by molar-refractivity contribution is -0.114. The zero-order valence-electron chi connectivity index (χ0n) is 16.6. The minimum absolute atomic E-state index is 0.0302. The number of ether oxygens (including phenoxy) is 2. The predicted molar refractivity (Wildman–Crippen MR) is 115 cm³/mol. The van der Waals surface area contributed by atoms with Crippen LogP contribution in [0, 0.1) is 11.3 Å². The van der Waals surface area contributed by atoms with Crippen LogP contribution in [0.25, 0.3) is 6.08 Å². The van der Waals surface area contributed by atoms with E-state index in [1.54, 1.807) is 38.5 Å². The Bertz CT molecular complexity index is 947. The van der Waals surface area contributed by atoms with Crippen molar-refractivity contribution in [1.82, 2.24) is 9.91 Å². The second-order valence-corrected chi connectivity index (χ2v) is 8.12. The third-order valence-corrected chi connectivity index (χ3v) is 6.19. The molecule has 0 radical (unpaired) electrons. The fourth-order valence-electron chi connectivity index (χ4n) is 3.42. The monoisotopic (exact) mass is 413 g/mol. The molecule has 0 aliphatic carbocycles. The number of carbonyl (C=O) groups excluding carboxylic acids is 1. The highest BCUT2D eigenvalue weighted by Crippen LogP contribution is 2.32. The molecule has 4 rings (SSSR count). The maximum Gasteiger partial charge on any atom is 0.283 e. The molecule has 1 saturated heterocycles. The molecule has 1 aromatic carbocycles. The number of benzene rings is 1. The summed E-state index contributed by atoms with van der Waals surface area (Å²) in [6.45, 7) is 4.13. The second kappa shape index (κ2) is 7.90. The van der Waals surface area contributed by atoms with E-state index in [0.717, 1.165) is 36.7 Å². The van der Waals surface area contributed by atoms with Gasteiger partial charge in [-0.15, -0.1) is 5.10 Å². The number of methoxy groups -OCH3 is 2. The lowest BCUT2D eigenvalue weighted by Crippen LogP contribution is -2.36. The molecule has 0 aromatic heterocycles. The molecule has 1 N–H and O–H groups in total. The Hall–Kier alpha value is -2.81. The summed E-state index contributed by atoms with van der Waals surface area (Å²) in [5.74, 6) is 1.46. The smallest absolute Gasteiger partial charge is 0.283 e. The van der Waals surface area contributed by atoms with Crippen LogP contribution < -0.4 is 9.47 Å². The van der Waals surface area contributed by atoms with Gasteiger partial charge < -0.3 is 14.4 Å². The van der Waals surface area contributed by atoms with Gasteiger partial charge in [0.25, 0.3) is 5.91 Å². The van der Waals surface area contributed by atoms with Crippen molar-refractivity contribution >= 4 is 39.9 Å². The number of nitrogens with zero attached hydrogens (tertiary/aromatic N) is 4. The zero-order valence-corrected chi connectivity index (χ0v) is 17.5. The standard InChI is InChI=1S/C20H23N5O3S/c1-12-6-8-24(9-7-12)20-23-25-17(21)14(18(26)22-19(25)29-20)10-13-4-5-15(27-2)16(11-13)28-3/h4-5,10-12,21H,6-9H2,1-3H3/b14-10-,21-17?. The summed E-state index contributed by atoms with van der Waals surface area (Å²) in [4.78, 5) is 19.0. The van der Waals surface area contributed by atoms with Crippen LogP contribution in [0.5, 0.6) is 11.5 Å². The van der Waals surface area contributed by atoms with Gasteiger partial charge in [0.2, 0.25) is 5.17 Å². The van der Waals surface area contributed by atoms with E-state index in [-0.39, 0.29) is 11.4 Å². The molecule has 3 aliphatic heterocycles. The van der Waals surface area contributed by atoms with Gasteiger partial charge in [0.1, 0.15) is 0 Å². The Kier molecular flexibility index (Phi) is 5.31. The van der Waals surface area contributed by atoms with Crippen LogP contribution in [0.3, 0.4) is 0 Å². The first-order valence-corrected chi connectivity index (χ1v) is 10.3. The van der Waals surface area contributed by atoms with Crippen molar-refractivity contribution in [2.75, 3.05) is 27.3 Å². The van der Waals surface area contributed by atoms with Crippen LogP contribution in [0.4, 0.5) is 0 Å². The van der Waals surface area contributed by atoms with E-state index in [4.69, 9.17) is 14.9 Å². The Morgan fingerprint density at radius 2 is 1.90 bits per heavy atom. The topological polar surface area (TPSA) is 90.6 Å². The van der Waals surface area contributed by atoms with Crippen molar-refractivity contribution in [3.63, 3.8) is 0 Å². The zero-order chi connectivity index (χ0) is 20.5. The largest absolute Gasteiger partial charge is 0.493 e. The van der Waals surface area contributed by atoms with Crippen molar-refractivity contribution in [3.8, 4) is 11.5 Å². The van der Waals surface area contributed by atoms with Gasteiger partial charge in [-0.25, -0.2) is 0 Å². The quantitative estimate of drug-likeness (QED) is 0.766.